The van der Waals surface area contributed by atoms with Gasteiger partial charge < -0.3 is 5.32 Å². The van der Waals surface area contributed by atoms with E-state index in [0.717, 1.165) is 13.3 Å². The molecular formula is C19H23N3O6S2. The summed E-state index contributed by atoms with van der Waals surface area (Å²) in [4.78, 5) is 23.3. The van der Waals surface area contributed by atoms with Crippen LogP contribution in [-0.2, 0) is 24.8 Å². The van der Waals surface area contributed by atoms with Gasteiger partial charge in [0.05, 0.1) is 9.79 Å². The van der Waals surface area contributed by atoms with Crippen LogP contribution in [-0.4, -0.2) is 35.2 Å². The number of amides is 2. The molecule has 0 unspecified atom stereocenters. The predicted octanol–water partition coefficient (Wildman–Crippen LogP) is 1.84. The highest BCUT2D eigenvalue weighted by molar-refractivity contribution is 7.90. The molecule has 2 amide bonds. The SMILES string of the molecule is CCCCNS(=O)(=O)c1cccc(C(=O)Nc2ccc(S(=O)(=O)NC(C)=O)cc2)c1. The number of nitrogens with one attached hydrogen (secondary N) is 3. The van der Waals surface area contributed by atoms with E-state index in [-0.39, 0.29) is 15.4 Å². The van der Waals surface area contributed by atoms with Crippen LogP contribution in [0.4, 0.5) is 5.69 Å². The largest absolute Gasteiger partial charge is 0.322 e. The average Bonchev–Trinajstić information content (AvgIpc) is 2.67. The van der Waals surface area contributed by atoms with E-state index >= 15 is 0 Å². The van der Waals surface area contributed by atoms with Crippen LogP contribution in [0.15, 0.2) is 58.3 Å². The Bertz CT molecular complexity index is 1130. The number of hydrogen-bond acceptors (Lipinski definition) is 6. The topological polar surface area (TPSA) is 139 Å². The Morgan fingerprint density at radius 1 is 0.900 bits per heavy atom. The summed E-state index contributed by atoms with van der Waals surface area (Å²) < 4.78 is 52.8. The maximum Gasteiger partial charge on any atom is 0.264 e. The molecule has 0 atom stereocenters. The molecule has 0 radical (unpaired) electrons. The second-order valence-corrected chi connectivity index (χ2v) is 9.87. The van der Waals surface area contributed by atoms with Gasteiger partial charge in [-0.1, -0.05) is 19.4 Å². The molecule has 0 aromatic heterocycles. The fourth-order valence-electron chi connectivity index (χ4n) is 2.44. The Morgan fingerprint density at radius 2 is 1.57 bits per heavy atom. The van der Waals surface area contributed by atoms with Gasteiger partial charge >= 0.3 is 0 Å². The van der Waals surface area contributed by atoms with E-state index in [1.54, 1.807) is 0 Å². The number of sulfonamides is 2. The van der Waals surface area contributed by atoms with Crippen LogP contribution < -0.4 is 14.8 Å². The second-order valence-electron chi connectivity index (χ2n) is 6.42. The summed E-state index contributed by atoms with van der Waals surface area (Å²) >= 11 is 0. The summed E-state index contributed by atoms with van der Waals surface area (Å²) in [7, 11) is -7.70. The molecule has 2 aromatic carbocycles. The zero-order valence-electron chi connectivity index (χ0n) is 16.5. The van der Waals surface area contributed by atoms with Crippen LogP contribution in [0.2, 0.25) is 0 Å². The van der Waals surface area contributed by atoms with Crippen molar-refractivity contribution in [1.29, 1.82) is 0 Å². The number of benzene rings is 2. The first-order valence-corrected chi connectivity index (χ1v) is 12.1. The number of hydrogen-bond donors (Lipinski definition) is 3. The highest BCUT2D eigenvalue weighted by Crippen LogP contribution is 2.17. The van der Waals surface area contributed by atoms with Crippen molar-refractivity contribution in [3.05, 3.63) is 54.1 Å². The van der Waals surface area contributed by atoms with Gasteiger partial charge in [0.2, 0.25) is 15.9 Å². The fraction of sp³-hybridized carbons (Fsp3) is 0.263. The summed E-state index contributed by atoms with van der Waals surface area (Å²) in [5.41, 5.74) is 0.430. The lowest BCUT2D eigenvalue weighted by atomic mass is 10.2. The van der Waals surface area contributed by atoms with Crippen LogP contribution in [0.25, 0.3) is 0 Å². The van der Waals surface area contributed by atoms with Crippen LogP contribution in [0.1, 0.15) is 37.0 Å². The number of anilines is 1. The third kappa shape index (κ3) is 6.37. The highest BCUT2D eigenvalue weighted by atomic mass is 32.2. The molecule has 162 valence electrons. The summed E-state index contributed by atoms with van der Waals surface area (Å²) in [6.45, 7) is 3.34. The van der Waals surface area contributed by atoms with Crippen molar-refractivity contribution in [2.24, 2.45) is 0 Å². The van der Waals surface area contributed by atoms with Crippen molar-refractivity contribution in [1.82, 2.24) is 9.44 Å². The molecule has 0 bridgehead atoms. The van der Waals surface area contributed by atoms with Gasteiger partial charge in [0.15, 0.2) is 0 Å². The van der Waals surface area contributed by atoms with E-state index in [9.17, 15) is 26.4 Å². The van der Waals surface area contributed by atoms with Crippen molar-refractivity contribution >= 4 is 37.5 Å². The third-order valence-electron chi connectivity index (χ3n) is 3.93. The quantitative estimate of drug-likeness (QED) is 0.495. The van der Waals surface area contributed by atoms with Gasteiger partial charge in [-0.2, -0.15) is 0 Å². The van der Waals surface area contributed by atoms with E-state index in [1.165, 1.54) is 48.5 Å². The van der Waals surface area contributed by atoms with Crippen LogP contribution in [0, 0.1) is 0 Å². The van der Waals surface area contributed by atoms with Crippen molar-refractivity contribution < 1.29 is 26.4 Å². The maximum absolute atomic E-state index is 12.5. The maximum atomic E-state index is 12.5. The zero-order valence-corrected chi connectivity index (χ0v) is 18.1. The van der Waals surface area contributed by atoms with Gasteiger partial charge in [0.1, 0.15) is 0 Å². The van der Waals surface area contributed by atoms with Crippen LogP contribution in [0.5, 0.6) is 0 Å². The van der Waals surface area contributed by atoms with E-state index in [0.29, 0.717) is 18.7 Å². The van der Waals surface area contributed by atoms with Crippen LogP contribution in [0.3, 0.4) is 0 Å². The molecule has 0 saturated carbocycles. The minimum atomic E-state index is -3.97. The smallest absolute Gasteiger partial charge is 0.264 e. The summed E-state index contributed by atoms with van der Waals surface area (Å²) in [6.07, 6.45) is 1.54. The summed E-state index contributed by atoms with van der Waals surface area (Å²) in [6, 6.07) is 10.8. The molecule has 0 heterocycles. The van der Waals surface area contributed by atoms with E-state index < -0.39 is 31.9 Å². The normalized spacial score (nSPS) is 11.7. The van der Waals surface area contributed by atoms with Gasteiger partial charge in [-0.3, -0.25) is 9.59 Å². The molecule has 0 aliphatic rings. The molecule has 0 saturated heterocycles. The lowest BCUT2D eigenvalue weighted by molar-refractivity contribution is -0.117. The van der Waals surface area contributed by atoms with Gasteiger partial charge in [0.25, 0.3) is 15.9 Å². The lowest BCUT2D eigenvalue weighted by Gasteiger charge is -2.10. The lowest BCUT2D eigenvalue weighted by Crippen LogP contribution is -2.28. The molecule has 0 fully saturated rings. The van der Waals surface area contributed by atoms with Crippen molar-refractivity contribution in [3.63, 3.8) is 0 Å². The van der Waals surface area contributed by atoms with Crippen LogP contribution >= 0.6 is 0 Å². The Morgan fingerprint density at radius 3 is 2.17 bits per heavy atom. The molecule has 2 rings (SSSR count). The standard InChI is InChI=1S/C19H23N3O6S2/c1-3-4-12-20-29(25,26)18-7-5-6-15(13-18)19(24)21-16-8-10-17(11-9-16)30(27,28)22-14(2)23/h5-11,13,20H,3-4,12H2,1-2H3,(H,21,24)(H,22,23). The van der Waals surface area contributed by atoms with Gasteiger partial charge in [0, 0.05) is 24.7 Å². The highest BCUT2D eigenvalue weighted by Gasteiger charge is 2.17. The minimum absolute atomic E-state index is 0.0250. The molecule has 9 nitrogen and oxygen atoms in total. The monoisotopic (exact) mass is 453 g/mol. The molecule has 0 aliphatic heterocycles. The first-order chi connectivity index (χ1) is 14.0. The third-order valence-corrected chi connectivity index (χ3v) is 6.84. The van der Waals surface area contributed by atoms with E-state index in [2.05, 4.69) is 10.0 Å². The van der Waals surface area contributed by atoms with E-state index in [4.69, 9.17) is 0 Å². The molecule has 0 spiro atoms. The zero-order chi connectivity index (χ0) is 22.4. The predicted molar refractivity (Wildman–Crippen MR) is 112 cm³/mol. The molecule has 0 aliphatic carbocycles. The molecule has 3 N–H and O–H groups in total. The fourth-order valence-corrected chi connectivity index (χ4v) is 4.55. The number of unbranched alkanes of at least 4 members (excludes halogenated alkanes) is 1. The van der Waals surface area contributed by atoms with Gasteiger partial charge in [-0.05, 0) is 48.9 Å². The Hall–Kier alpha value is -2.76. The van der Waals surface area contributed by atoms with E-state index in [1.807, 2.05) is 11.6 Å². The number of carbonyl (C=O) groups is 2. The second kappa shape index (κ2) is 9.83. The average molecular weight is 454 g/mol. The first-order valence-electron chi connectivity index (χ1n) is 9.09. The van der Waals surface area contributed by atoms with Crippen molar-refractivity contribution in [2.75, 3.05) is 11.9 Å². The minimum Gasteiger partial charge on any atom is -0.322 e. The summed E-state index contributed by atoms with van der Waals surface area (Å²) in [5, 5.41) is 2.57. The van der Waals surface area contributed by atoms with Gasteiger partial charge in [-0.25, -0.2) is 26.3 Å². The van der Waals surface area contributed by atoms with Crippen molar-refractivity contribution in [2.45, 2.75) is 36.5 Å². The van der Waals surface area contributed by atoms with Crippen molar-refractivity contribution in [3.8, 4) is 0 Å². The molecular weight excluding hydrogens is 430 g/mol. The Kier molecular flexibility index (Phi) is 7.71. The summed E-state index contributed by atoms with van der Waals surface area (Å²) in [5.74, 6) is -1.27. The van der Waals surface area contributed by atoms with Gasteiger partial charge in [-0.15, -0.1) is 0 Å². The number of rotatable bonds is 9. The molecule has 2 aromatic rings. The number of carbonyl (C=O) groups excluding carboxylic acids is 2. The molecule has 11 heteroatoms. The Labute approximate surface area is 176 Å². The first kappa shape index (κ1) is 23.5. The Balaban J connectivity index is 2.14. The molecule has 30 heavy (non-hydrogen) atoms.